The molecule has 0 aromatic heterocycles. The van der Waals surface area contributed by atoms with E-state index in [1.807, 2.05) is 68.4 Å². The van der Waals surface area contributed by atoms with Crippen molar-refractivity contribution in [1.82, 2.24) is 15.1 Å². The lowest BCUT2D eigenvalue weighted by molar-refractivity contribution is -0.122. The van der Waals surface area contributed by atoms with Crippen LogP contribution in [-0.4, -0.2) is 61.1 Å². The summed E-state index contributed by atoms with van der Waals surface area (Å²) >= 11 is 0. The van der Waals surface area contributed by atoms with Crippen LogP contribution in [0.1, 0.15) is 25.5 Å². The number of hydrogen-bond acceptors (Lipinski definition) is 4. The number of para-hydroxylation sites is 2. The van der Waals surface area contributed by atoms with Crippen molar-refractivity contribution in [1.29, 1.82) is 0 Å². The van der Waals surface area contributed by atoms with E-state index in [2.05, 4.69) is 15.5 Å². The fourth-order valence-corrected chi connectivity index (χ4v) is 3.66. The molecule has 1 saturated heterocycles. The van der Waals surface area contributed by atoms with Gasteiger partial charge in [-0.2, -0.15) is 0 Å². The van der Waals surface area contributed by atoms with Crippen molar-refractivity contribution >= 4 is 17.6 Å². The minimum atomic E-state index is -0.447. The van der Waals surface area contributed by atoms with E-state index in [0.717, 1.165) is 5.56 Å². The van der Waals surface area contributed by atoms with Gasteiger partial charge in [-0.25, -0.2) is 4.79 Å². The molecule has 7 heteroatoms. The van der Waals surface area contributed by atoms with Crippen molar-refractivity contribution in [3.63, 3.8) is 0 Å². The zero-order valence-corrected chi connectivity index (χ0v) is 17.6. The SMILES string of the molecule is CCNC(=O)N1CCN(C(C(=O)Nc2ccccc2OCC)c2ccccc2)CC1. The number of amides is 3. The minimum absolute atomic E-state index is 0.0523. The first-order valence-corrected chi connectivity index (χ1v) is 10.5. The summed E-state index contributed by atoms with van der Waals surface area (Å²) in [7, 11) is 0. The monoisotopic (exact) mass is 410 g/mol. The van der Waals surface area contributed by atoms with Gasteiger partial charge in [0, 0.05) is 32.7 Å². The predicted octanol–water partition coefficient (Wildman–Crippen LogP) is 3.11. The van der Waals surface area contributed by atoms with Crippen molar-refractivity contribution in [2.75, 3.05) is 44.6 Å². The zero-order chi connectivity index (χ0) is 21.3. The summed E-state index contributed by atoms with van der Waals surface area (Å²) in [4.78, 5) is 29.4. The number of anilines is 1. The Bertz CT molecular complexity index is 835. The van der Waals surface area contributed by atoms with E-state index in [-0.39, 0.29) is 11.9 Å². The molecule has 2 aromatic carbocycles. The molecule has 2 aromatic rings. The highest BCUT2D eigenvalue weighted by Gasteiger charge is 2.32. The second kappa shape index (κ2) is 10.6. The molecule has 3 rings (SSSR count). The van der Waals surface area contributed by atoms with Gasteiger partial charge in [0.1, 0.15) is 11.8 Å². The molecule has 1 aliphatic heterocycles. The summed E-state index contributed by atoms with van der Waals surface area (Å²) < 4.78 is 5.65. The van der Waals surface area contributed by atoms with Crippen LogP contribution < -0.4 is 15.4 Å². The standard InChI is InChI=1S/C23H30N4O3/c1-3-24-23(29)27-16-14-26(15-17-27)21(18-10-6-5-7-11-18)22(28)25-19-12-8-9-13-20(19)30-4-2/h5-13,21H,3-4,14-17H2,1-2H3,(H,24,29)(H,25,28). The third kappa shape index (κ3) is 5.30. The molecule has 30 heavy (non-hydrogen) atoms. The van der Waals surface area contributed by atoms with Gasteiger partial charge in [-0.3, -0.25) is 9.69 Å². The van der Waals surface area contributed by atoms with Gasteiger partial charge in [0.15, 0.2) is 0 Å². The van der Waals surface area contributed by atoms with Gasteiger partial charge in [0.2, 0.25) is 5.91 Å². The molecule has 0 saturated carbocycles. The first-order chi connectivity index (χ1) is 14.6. The number of carbonyl (C=O) groups excluding carboxylic acids is 2. The Hall–Kier alpha value is -3.06. The molecule has 0 bridgehead atoms. The third-order valence-electron chi connectivity index (χ3n) is 5.10. The first-order valence-electron chi connectivity index (χ1n) is 10.5. The molecular weight excluding hydrogens is 380 g/mol. The van der Waals surface area contributed by atoms with E-state index in [1.165, 1.54) is 0 Å². The Labute approximate surface area is 178 Å². The van der Waals surface area contributed by atoms with E-state index in [1.54, 1.807) is 4.90 Å². The minimum Gasteiger partial charge on any atom is -0.492 e. The summed E-state index contributed by atoms with van der Waals surface area (Å²) in [5.41, 5.74) is 1.58. The first kappa shape index (κ1) is 21.6. The number of ether oxygens (including phenoxy) is 1. The quantitative estimate of drug-likeness (QED) is 0.736. The normalized spacial score (nSPS) is 15.3. The van der Waals surface area contributed by atoms with Crippen LogP contribution in [0.5, 0.6) is 5.75 Å². The number of nitrogens with one attached hydrogen (secondary N) is 2. The maximum atomic E-state index is 13.4. The molecule has 1 aliphatic rings. The number of hydrogen-bond donors (Lipinski definition) is 2. The van der Waals surface area contributed by atoms with E-state index in [4.69, 9.17) is 4.74 Å². The maximum absolute atomic E-state index is 13.4. The van der Waals surface area contributed by atoms with Crippen LogP contribution in [0.25, 0.3) is 0 Å². The second-order valence-corrected chi connectivity index (χ2v) is 7.09. The fraction of sp³-hybridized carbons (Fsp3) is 0.391. The largest absolute Gasteiger partial charge is 0.492 e. The molecule has 0 radical (unpaired) electrons. The van der Waals surface area contributed by atoms with E-state index in [9.17, 15) is 9.59 Å². The summed E-state index contributed by atoms with van der Waals surface area (Å²) in [6, 6.07) is 16.7. The number of carbonyl (C=O) groups is 2. The summed E-state index contributed by atoms with van der Waals surface area (Å²) in [5, 5.41) is 5.89. The predicted molar refractivity (Wildman–Crippen MR) is 118 cm³/mol. The van der Waals surface area contributed by atoms with Crippen molar-refractivity contribution in [3.05, 3.63) is 60.2 Å². The molecule has 3 amide bonds. The molecule has 1 fully saturated rings. The highest BCUT2D eigenvalue weighted by atomic mass is 16.5. The Morgan fingerprint density at radius 2 is 1.63 bits per heavy atom. The molecule has 1 heterocycles. The molecule has 0 spiro atoms. The Kier molecular flexibility index (Phi) is 7.68. The lowest BCUT2D eigenvalue weighted by atomic mass is 10.0. The molecule has 0 aliphatic carbocycles. The lowest BCUT2D eigenvalue weighted by Gasteiger charge is -2.38. The number of piperazine rings is 1. The summed E-state index contributed by atoms with van der Waals surface area (Å²) in [6.07, 6.45) is 0. The van der Waals surface area contributed by atoms with Crippen LogP contribution in [0.2, 0.25) is 0 Å². The van der Waals surface area contributed by atoms with Gasteiger partial charge in [-0.05, 0) is 31.5 Å². The molecular formula is C23H30N4O3. The highest BCUT2D eigenvalue weighted by molar-refractivity contribution is 5.96. The van der Waals surface area contributed by atoms with Crippen molar-refractivity contribution < 1.29 is 14.3 Å². The van der Waals surface area contributed by atoms with Gasteiger partial charge in [0.05, 0.1) is 12.3 Å². The number of benzene rings is 2. The number of nitrogens with zero attached hydrogens (tertiary/aromatic N) is 2. The maximum Gasteiger partial charge on any atom is 0.317 e. The zero-order valence-electron chi connectivity index (χ0n) is 17.6. The molecule has 1 atom stereocenters. The van der Waals surface area contributed by atoms with Crippen LogP contribution >= 0.6 is 0 Å². The van der Waals surface area contributed by atoms with Crippen molar-refractivity contribution in [3.8, 4) is 5.75 Å². The van der Waals surface area contributed by atoms with Crippen LogP contribution in [0.3, 0.4) is 0 Å². The van der Waals surface area contributed by atoms with Crippen LogP contribution in [-0.2, 0) is 4.79 Å². The van der Waals surface area contributed by atoms with Crippen molar-refractivity contribution in [2.24, 2.45) is 0 Å². The fourth-order valence-electron chi connectivity index (χ4n) is 3.66. The van der Waals surface area contributed by atoms with Gasteiger partial charge in [-0.15, -0.1) is 0 Å². The molecule has 1 unspecified atom stereocenters. The molecule has 2 N–H and O–H groups in total. The smallest absolute Gasteiger partial charge is 0.317 e. The summed E-state index contributed by atoms with van der Waals surface area (Å²) in [5.74, 6) is 0.543. The lowest BCUT2D eigenvalue weighted by Crippen LogP contribution is -2.53. The van der Waals surface area contributed by atoms with E-state index >= 15 is 0 Å². The van der Waals surface area contributed by atoms with E-state index < -0.39 is 6.04 Å². The second-order valence-electron chi connectivity index (χ2n) is 7.09. The van der Waals surface area contributed by atoms with Crippen molar-refractivity contribution in [2.45, 2.75) is 19.9 Å². The molecule has 7 nitrogen and oxygen atoms in total. The Morgan fingerprint density at radius 1 is 0.967 bits per heavy atom. The Morgan fingerprint density at radius 3 is 2.30 bits per heavy atom. The van der Waals surface area contributed by atoms with Gasteiger partial charge < -0.3 is 20.3 Å². The number of urea groups is 1. The van der Waals surface area contributed by atoms with Gasteiger partial charge in [0.25, 0.3) is 0 Å². The summed E-state index contributed by atoms with van der Waals surface area (Å²) in [6.45, 7) is 7.36. The van der Waals surface area contributed by atoms with Gasteiger partial charge in [-0.1, -0.05) is 42.5 Å². The highest BCUT2D eigenvalue weighted by Crippen LogP contribution is 2.28. The van der Waals surface area contributed by atoms with Crippen LogP contribution in [0.4, 0.5) is 10.5 Å². The molecule has 160 valence electrons. The average molecular weight is 411 g/mol. The average Bonchev–Trinajstić information content (AvgIpc) is 2.77. The number of rotatable bonds is 7. The van der Waals surface area contributed by atoms with Crippen LogP contribution in [0, 0.1) is 0 Å². The topological polar surface area (TPSA) is 73.9 Å². The Balaban J connectivity index is 1.77. The third-order valence-corrected chi connectivity index (χ3v) is 5.10. The van der Waals surface area contributed by atoms with E-state index in [0.29, 0.717) is 50.8 Å². The van der Waals surface area contributed by atoms with Crippen LogP contribution in [0.15, 0.2) is 54.6 Å². The van der Waals surface area contributed by atoms with Gasteiger partial charge >= 0.3 is 6.03 Å².